The summed E-state index contributed by atoms with van der Waals surface area (Å²) in [4.78, 5) is 20.4. The highest BCUT2D eigenvalue weighted by Gasteiger charge is 2.46. The Morgan fingerprint density at radius 2 is 2.25 bits per heavy atom. The third-order valence-electron chi connectivity index (χ3n) is 4.38. The fourth-order valence-corrected chi connectivity index (χ4v) is 3.94. The number of fused-ring (bicyclic) bond motifs is 1. The molecule has 0 aliphatic heterocycles. The first kappa shape index (κ1) is 15.4. The first-order valence-electron chi connectivity index (χ1n) is 8.06. The van der Waals surface area contributed by atoms with Crippen LogP contribution < -0.4 is 0 Å². The molecule has 1 atom stereocenters. The standard InChI is InChI=1S/C18H18N2O3S/c1-2-23-17(21)18(22,16-20-15(10-24-16)11-7-8-11)13-9-19-14-6-4-3-5-12(13)14/h3-6,9-11,19,22H,2,7-8H2,1H3. The summed E-state index contributed by atoms with van der Waals surface area (Å²) in [5, 5.41) is 14.5. The average Bonchev–Trinajstić information content (AvgIpc) is 3.16. The first-order valence-corrected chi connectivity index (χ1v) is 8.94. The van der Waals surface area contributed by atoms with E-state index in [4.69, 9.17) is 4.74 Å². The molecule has 0 bridgehead atoms. The quantitative estimate of drug-likeness (QED) is 0.698. The Labute approximate surface area is 143 Å². The number of nitrogens with zero attached hydrogens (tertiary/aromatic N) is 1. The molecule has 2 N–H and O–H groups in total. The van der Waals surface area contributed by atoms with Crippen LogP contribution in [0.25, 0.3) is 10.9 Å². The second-order valence-corrected chi connectivity index (χ2v) is 6.89. The number of carbonyl (C=O) groups is 1. The molecule has 4 rings (SSSR count). The van der Waals surface area contributed by atoms with Crippen molar-refractivity contribution in [2.75, 3.05) is 6.61 Å². The summed E-state index contributed by atoms with van der Waals surface area (Å²) < 4.78 is 5.18. The lowest BCUT2D eigenvalue weighted by Crippen LogP contribution is -2.38. The van der Waals surface area contributed by atoms with Crippen LogP contribution in [0.4, 0.5) is 0 Å². The van der Waals surface area contributed by atoms with Crippen LogP contribution in [0.3, 0.4) is 0 Å². The summed E-state index contributed by atoms with van der Waals surface area (Å²) in [6.45, 7) is 1.93. The summed E-state index contributed by atoms with van der Waals surface area (Å²) in [5.74, 6) is -0.226. The Morgan fingerprint density at radius 1 is 1.46 bits per heavy atom. The zero-order valence-corrected chi connectivity index (χ0v) is 14.1. The van der Waals surface area contributed by atoms with E-state index in [2.05, 4.69) is 9.97 Å². The number of rotatable bonds is 5. The number of nitrogens with one attached hydrogen (secondary N) is 1. The predicted octanol–water partition coefficient (Wildman–Crippen LogP) is 3.30. The van der Waals surface area contributed by atoms with Crippen LogP contribution in [0.5, 0.6) is 0 Å². The number of thiazole rings is 1. The van der Waals surface area contributed by atoms with E-state index in [1.807, 2.05) is 29.6 Å². The van der Waals surface area contributed by atoms with Gasteiger partial charge in [-0.3, -0.25) is 0 Å². The molecule has 1 aliphatic rings. The molecule has 1 fully saturated rings. The average molecular weight is 342 g/mol. The second kappa shape index (κ2) is 5.72. The number of aliphatic hydroxyl groups is 1. The zero-order chi connectivity index (χ0) is 16.7. The number of benzene rings is 1. The van der Waals surface area contributed by atoms with Gasteiger partial charge in [-0.2, -0.15) is 0 Å². The lowest BCUT2D eigenvalue weighted by Gasteiger charge is -2.23. The topological polar surface area (TPSA) is 75.2 Å². The number of carbonyl (C=O) groups excluding carboxylic acids is 1. The molecule has 5 nitrogen and oxygen atoms in total. The van der Waals surface area contributed by atoms with Crippen molar-refractivity contribution in [2.45, 2.75) is 31.3 Å². The number of para-hydroxylation sites is 1. The molecule has 24 heavy (non-hydrogen) atoms. The number of esters is 1. The van der Waals surface area contributed by atoms with E-state index in [1.165, 1.54) is 11.3 Å². The molecule has 1 unspecified atom stereocenters. The Hall–Kier alpha value is -2.18. The largest absolute Gasteiger partial charge is 0.463 e. The van der Waals surface area contributed by atoms with Gasteiger partial charge in [0.05, 0.1) is 12.3 Å². The summed E-state index contributed by atoms with van der Waals surface area (Å²) >= 11 is 1.31. The summed E-state index contributed by atoms with van der Waals surface area (Å²) in [6.07, 6.45) is 3.90. The van der Waals surface area contributed by atoms with Crippen LogP contribution in [0.2, 0.25) is 0 Å². The molecule has 3 aromatic rings. The second-order valence-electron chi connectivity index (χ2n) is 6.03. The molecule has 0 amide bonds. The van der Waals surface area contributed by atoms with E-state index in [1.54, 1.807) is 13.1 Å². The number of H-pyrrole nitrogens is 1. The van der Waals surface area contributed by atoms with E-state index in [0.717, 1.165) is 29.4 Å². The van der Waals surface area contributed by atoms with Crippen molar-refractivity contribution in [1.82, 2.24) is 9.97 Å². The van der Waals surface area contributed by atoms with Crippen molar-refractivity contribution in [3.05, 3.63) is 52.1 Å². The SMILES string of the molecule is CCOC(=O)C(O)(c1nc(C2CC2)cs1)c1c[nH]c2ccccc12. The Balaban J connectivity index is 1.87. The highest BCUT2D eigenvalue weighted by atomic mass is 32.1. The van der Waals surface area contributed by atoms with Crippen LogP contribution in [0.1, 0.15) is 41.9 Å². The number of hydrogen-bond acceptors (Lipinski definition) is 5. The van der Waals surface area contributed by atoms with Gasteiger partial charge in [0, 0.05) is 34.0 Å². The van der Waals surface area contributed by atoms with Crippen molar-refractivity contribution in [2.24, 2.45) is 0 Å². The number of aromatic amines is 1. The Morgan fingerprint density at radius 3 is 3.00 bits per heavy atom. The van der Waals surface area contributed by atoms with Gasteiger partial charge in [0.25, 0.3) is 0 Å². The van der Waals surface area contributed by atoms with E-state index in [9.17, 15) is 9.90 Å². The van der Waals surface area contributed by atoms with Gasteiger partial charge in [0.15, 0.2) is 0 Å². The highest BCUT2D eigenvalue weighted by Crippen LogP contribution is 2.43. The Kier molecular flexibility index (Phi) is 3.66. The van der Waals surface area contributed by atoms with Crippen LogP contribution in [0.15, 0.2) is 35.8 Å². The van der Waals surface area contributed by atoms with Crippen molar-refractivity contribution in [3.8, 4) is 0 Å². The summed E-state index contributed by atoms with van der Waals surface area (Å²) in [7, 11) is 0. The number of aromatic nitrogens is 2. The van der Waals surface area contributed by atoms with Crippen LogP contribution in [0, 0.1) is 0 Å². The molecule has 6 heteroatoms. The molecule has 1 aliphatic carbocycles. The normalized spacial score (nSPS) is 16.9. The molecule has 2 aromatic heterocycles. The predicted molar refractivity (Wildman–Crippen MR) is 92.0 cm³/mol. The lowest BCUT2D eigenvalue weighted by molar-refractivity contribution is -0.161. The van der Waals surface area contributed by atoms with Crippen LogP contribution >= 0.6 is 11.3 Å². The maximum atomic E-state index is 12.7. The molecule has 0 spiro atoms. The lowest BCUT2D eigenvalue weighted by atomic mass is 9.94. The third kappa shape index (κ3) is 2.34. The zero-order valence-electron chi connectivity index (χ0n) is 13.3. The van der Waals surface area contributed by atoms with Gasteiger partial charge in [-0.05, 0) is 25.8 Å². The molecule has 1 aromatic carbocycles. The summed E-state index contributed by atoms with van der Waals surface area (Å²) in [5.41, 5.74) is 0.396. The van der Waals surface area contributed by atoms with Gasteiger partial charge in [-0.15, -0.1) is 11.3 Å². The van der Waals surface area contributed by atoms with Gasteiger partial charge in [-0.25, -0.2) is 9.78 Å². The van der Waals surface area contributed by atoms with Crippen LogP contribution in [-0.4, -0.2) is 27.7 Å². The van der Waals surface area contributed by atoms with Crippen molar-refractivity contribution in [1.29, 1.82) is 0 Å². The maximum Gasteiger partial charge on any atom is 0.350 e. The van der Waals surface area contributed by atoms with Crippen LogP contribution in [-0.2, 0) is 15.1 Å². The van der Waals surface area contributed by atoms with Gasteiger partial charge in [0.2, 0.25) is 5.60 Å². The number of hydrogen-bond donors (Lipinski definition) is 2. The Bertz CT molecular complexity index is 896. The van der Waals surface area contributed by atoms with E-state index in [0.29, 0.717) is 16.5 Å². The fourth-order valence-electron chi connectivity index (χ4n) is 2.94. The molecule has 1 saturated carbocycles. The smallest absolute Gasteiger partial charge is 0.350 e. The molecule has 124 valence electrons. The first-order chi connectivity index (χ1) is 11.6. The maximum absolute atomic E-state index is 12.7. The number of ether oxygens (including phenoxy) is 1. The molecular formula is C18H18N2O3S. The van der Waals surface area contributed by atoms with Crippen molar-refractivity contribution in [3.63, 3.8) is 0 Å². The fraction of sp³-hybridized carbons (Fsp3) is 0.333. The van der Waals surface area contributed by atoms with Gasteiger partial charge >= 0.3 is 5.97 Å². The van der Waals surface area contributed by atoms with Crippen molar-refractivity contribution >= 4 is 28.2 Å². The van der Waals surface area contributed by atoms with Gasteiger partial charge < -0.3 is 14.8 Å². The minimum Gasteiger partial charge on any atom is -0.463 e. The molecule has 0 radical (unpaired) electrons. The van der Waals surface area contributed by atoms with E-state index < -0.39 is 11.6 Å². The monoisotopic (exact) mass is 342 g/mol. The summed E-state index contributed by atoms with van der Waals surface area (Å²) in [6, 6.07) is 7.56. The molecule has 0 saturated heterocycles. The van der Waals surface area contributed by atoms with Crippen molar-refractivity contribution < 1.29 is 14.6 Å². The minimum atomic E-state index is -1.90. The highest BCUT2D eigenvalue weighted by molar-refractivity contribution is 7.10. The van der Waals surface area contributed by atoms with E-state index in [-0.39, 0.29) is 6.61 Å². The molecular weight excluding hydrogens is 324 g/mol. The molecule has 2 heterocycles. The minimum absolute atomic E-state index is 0.199. The van der Waals surface area contributed by atoms with Gasteiger partial charge in [0.1, 0.15) is 5.01 Å². The van der Waals surface area contributed by atoms with E-state index >= 15 is 0 Å². The third-order valence-corrected chi connectivity index (χ3v) is 5.35. The van der Waals surface area contributed by atoms with Gasteiger partial charge in [-0.1, -0.05) is 18.2 Å².